The van der Waals surface area contributed by atoms with Gasteiger partial charge in [-0.1, -0.05) is 59.9 Å². The van der Waals surface area contributed by atoms with Crippen LogP contribution in [0.15, 0.2) is 88.2 Å². The average Bonchev–Trinajstić information content (AvgIpc) is 3.17. The Morgan fingerprint density at radius 1 is 1.06 bits per heavy atom. The molecule has 168 valence electrons. The summed E-state index contributed by atoms with van der Waals surface area (Å²) in [5.74, 6) is 0.786. The van der Waals surface area contributed by atoms with Crippen molar-refractivity contribution in [3.05, 3.63) is 124 Å². The van der Waals surface area contributed by atoms with Gasteiger partial charge in [-0.25, -0.2) is 4.99 Å². The SMILES string of the molecule is COc1cccc([C@@H]2C3=C(N=c4s/c(=C\c5cccc(I)c5)c(=O)n42)c2ccccc2CC3)c1. The van der Waals surface area contributed by atoms with Crippen LogP contribution in [0.4, 0.5) is 0 Å². The number of halogens is 1. The van der Waals surface area contributed by atoms with E-state index in [0.717, 1.165) is 43.8 Å². The lowest BCUT2D eigenvalue weighted by atomic mass is 9.83. The quantitative estimate of drug-likeness (QED) is 0.325. The minimum Gasteiger partial charge on any atom is -0.497 e. The standard InChI is InChI=1S/C28H21IN2O2S/c1-33-21-10-5-8-19(16-21)26-23-13-12-18-7-2-3-11-22(18)25(23)30-28-31(26)27(32)24(34-28)15-17-6-4-9-20(29)14-17/h2-11,14-16,26H,12-13H2,1H3/b24-15-/t26-/m1/s1. The molecule has 1 aliphatic heterocycles. The van der Waals surface area contributed by atoms with Crippen LogP contribution >= 0.6 is 33.9 Å². The number of allylic oxidation sites excluding steroid dienone is 1. The number of ether oxygens (including phenoxy) is 1. The maximum Gasteiger partial charge on any atom is 0.271 e. The molecule has 0 saturated carbocycles. The van der Waals surface area contributed by atoms with E-state index in [1.807, 2.05) is 47.0 Å². The first-order valence-corrected chi connectivity index (χ1v) is 13.0. The van der Waals surface area contributed by atoms with Gasteiger partial charge in [0.1, 0.15) is 5.75 Å². The predicted octanol–water partition coefficient (Wildman–Crippen LogP) is 4.93. The van der Waals surface area contributed by atoms with Crippen molar-refractivity contribution >= 4 is 45.7 Å². The minimum atomic E-state index is -0.201. The molecule has 0 fully saturated rings. The molecule has 4 nitrogen and oxygen atoms in total. The minimum absolute atomic E-state index is 0.000778. The summed E-state index contributed by atoms with van der Waals surface area (Å²) < 4.78 is 9.24. The Morgan fingerprint density at radius 3 is 2.76 bits per heavy atom. The van der Waals surface area contributed by atoms with Gasteiger partial charge in [-0.05, 0) is 88.0 Å². The second-order valence-corrected chi connectivity index (χ2v) is 10.7. The Balaban J connectivity index is 1.63. The Bertz CT molecular complexity index is 1650. The summed E-state index contributed by atoms with van der Waals surface area (Å²) in [5, 5.41) is 0. The Labute approximate surface area is 214 Å². The number of fused-ring (bicyclic) bond motifs is 3. The molecule has 2 heterocycles. The zero-order valence-corrected chi connectivity index (χ0v) is 21.5. The molecule has 1 aromatic heterocycles. The van der Waals surface area contributed by atoms with Crippen LogP contribution in [0.1, 0.15) is 34.7 Å². The number of thiazole rings is 1. The van der Waals surface area contributed by atoms with Crippen molar-refractivity contribution < 1.29 is 4.74 Å². The number of hydrogen-bond acceptors (Lipinski definition) is 4. The van der Waals surface area contributed by atoms with E-state index in [1.54, 1.807) is 7.11 Å². The maximum absolute atomic E-state index is 13.8. The molecule has 0 spiro atoms. The summed E-state index contributed by atoms with van der Waals surface area (Å²) in [4.78, 5) is 19.6. The summed E-state index contributed by atoms with van der Waals surface area (Å²) in [5.41, 5.74) is 6.75. The highest BCUT2D eigenvalue weighted by molar-refractivity contribution is 14.1. The number of benzene rings is 3. The van der Waals surface area contributed by atoms with Gasteiger partial charge in [-0.3, -0.25) is 9.36 Å². The maximum atomic E-state index is 13.8. The van der Waals surface area contributed by atoms with Gasteiger partial charge in [0.25, 0.3) is 5.56 Å². The first-order chi connectivity index (χ1) is 16.6. The highest BCUT2D eigenvalue weighted by atomic mass is 127. The third-order valence-electron chi connectivity index (χ3n) is 6.43. The topological polar surface area (TPSA) is 43.6 Å². The number of methoxy groups -OCH3 is 1. The summed E-state index contributed by atoms with van der Waals surface area (Å²) in [6.45, 7) is 0. The van der Waals surface area contributed by atoms with Crippen LogP contribution in [0.2, 0.25) is 0 Å². The molecule has 0 radical (unpaired) electrons. The molecule has 0 amide bonds. The van der Waals surface area contributed by atoms with Gasteiger partial charge in [0.05, 0.1) is 23.4 Å². The van der Waals surface area contributed by atoms with Gasteiger partial charge in [0, 0.05) is 9.13 Å². The third kappa shape index (κ3) is 3.65. The number of aryl methyl sites for hydroxylation is 1. The number of nitrogens with zero attached hydrogens (tertiary/aromatic N) is 2. The molecule has 34 heavy (non-hydrogen) atoms. The van der Waals surface area contributed by atoms with Crippen molar-refractivity contribution in [1.82, 2.24) is 4.57 Å². The van der Waals surface area contributed by atoms with Crippen LogP contribution < -0.4 is 19.6 Å². The number of hydrogen-bond donors (Lipinski definition) is 0. The molecule has 1 atom stereocenters. The van der Waals surface area contributed by atoms with Crippen LogP contribution in [0.5, 0.6) is 5.75 Å². The van der Waals surface area contributed by atoms with Gasteiger partial charge < -0.3 is 4.74 Å². The van der Waals surface area contributed by atoms with Gasteiger partial charge in [0.2, 0.25) is 0 Å². The van der Waals surface area contributed by atoms with Gasteiger partial charge in [0.15, 0.2) is 4.80 Å². The molecule has 3 aromatic carbocycles. The predicted molar refractivity (Wildman–Crippen MR) is 145 cm³/mol. The molecular formula is C28H21IN2O2S. The van der Waals surface area contributed by atoms with Crippen molar-refractivity contribution in [2.45, 2.75) is 18.9 Å². The van der Waals surface area contributed by atoms with E-state index in [2.05, 4.69) is 59.0 Å². The fraction of sp³-hybridized carbons (Fsp3) is 0.143. The fourth-order valence-corrected chi connectivity index (χ4v) is 6.45. The third-order valence-corrected chi connectivity index (χ3v) is 8.08. The van der Waals surface area contributed by atoms with E-state index in [4.69, 9.17) is 9.73 Å². The number of aromatic nitrogens is 1. The van der Waals surface area contributed by atoms with Crippen molar-refractivity contribution in [2.75, 3.05) is 7.11 Å². The van der Waals surface area contributed by atoms with E-state index in [1.165, 1.54) is 28.0 Å². The highest BCUT2D eigenvalue weighted by Gasteiger charge is 2.32. The molecule has 6 heteroatoms. The Kier molecular flexibility index (Phi) is 5.50. The molecule has 0 N–H and O–H groups in total. The zero-order valence-electron chi connectivity index (χ0n) is 18.5. The van der Waals surface area contributed by atoms with Crippen LogP contribution in [0.3, 0.4) is 0 Å². The molecule has 0 bridgehead atoms. The van der Waals surface area contributed by atoms with E-state index < -0.39 is 0 Å². The van der Waals surface area contributed by atoms with E-state index >= 15 is 0 Å². The molecule has 1 aliphatic carbocycles. The summed E-state index contributed by atoms with van der Waals surface area (Å²) in [6.07, 6.45) is 3.79. The normalized spacial score (nSPS) is 17.0. The second-order valence-electron chi connectivity index (χ2n) is 8.45. The van der Waals surface area contributed by atoms with E-state index in [-0.39, 0.29) is 11.6 Å². The Hall–Kier alpha value is -2.97. The largest absolute Gasteiger partial charge is 0.497 e. The molecule has 0 unspecified atom stereocenters. The van der Waals surface area contributed by atoms with Crippen molar-refractivity contribution in [1.29, 1.82) is 0 Å². The molecule has 2 aliphatic rings. The first kappa shape index (κ1) is 21.6. The molecular weight excluding hydrogens is 555 g/mol. The van der Waals surface area contributed by atoms with Crippen LogP contribution in [0.25, 0.3) is 11.8 Å². The first-order valence-electron chi connectivity index (χ1n) is 11.1. The summed E-state index contributed by atoms with van der Waals surface area (Å²) in [7, 11) is 1.67. The van der Waals surface area contributed by atoms with Crippen LogP contribution in [-0.4, -0.2) is 11.7 Å². The zero-order chi connectivity index (χ0) is 23.2. The average molecular weight is 576 g/mol. The van der Waals surface area contributed by atoms with Gasteiger partial charge in [-0.15, -0.1) is 0 Å². The number of rotatable bonds is 3. The molecule has 4 aromatic rings. The lowest BCUT2D eigenvalue weighted by Crippen LogP contribution is -2.38. The van der Waals surface area contributed by atoms with Gasteiger partial charge >= 0.3 is 0 Å². The fourth-order valence-electron chi connectivity index (χ4n) is 4.88. The lowest BCUT2D eigenvalue weighted by Gasteiger charge is -2.31. The monoisotopic (exact) mass is 576 g/mol. The molecule has 0 saturated heterocycles. The van der Waals surface area contributed by atoms with Crippen molar-refractivity contribution in [3.63, 3.8) is 0 Å². The van der Waals surface area contributed by atoms with E-state index in [0.29, 0.717) is 4.53 Å². The van der Waals surface area contributed by atoms with Crippen molar-refractivity contribution in [2.24, 2.45) is 4.99 Å². The van der Waals surface area contributed by atoms with Crippen molar-refractivity contribution in [3.8, 4) is 5.75 Å². The lowest BCUT2D eigenvalue weighted by molar-refractivity contribution is 0.413. The van der Waals surface area contributed by atoms with Crippen LogP contribution in [-0.2, 0) is 6.42 Å². The molecule has 6 rings (SSSR count). The summed E-state index contributed by atoms with van der Waals surface area (Å²) >= 11 is 3.76. The second kappa shape index (κ2) is 8.67. The van der Waals surface area contributed by atoms with E-state index in [9.17, 15) is 4.79 Å². The smallest absolute Gasteiger partial charge is 0.271 e. The highest BCUT2D eigenvalue weighted by Crippen LogP contribution is 2.41. The van der Waals surface area contributed by atoms with Gasteiger partial charge in [-0.2, -0.15) is 0 Å². The summed E-state index contributed by atoms with van der Waals surface area (Å²) in [6, 6.07) is 24.5. The Morgan fingerprint density at radius 2 is 1.91 bits per heavy atom. The van der Waals surface area contributed by atoms with Crippen LogP contribution in [0, 0.1) is 3.57 Å².